The highest BCUT2D eigenvalue weighted by atomic mass is 19.4. The van der Waals surface area contributed by atoms with Crippen LogP contribution in [0.1, 0.15) is 24.0 Å². The lowest BCUT2D eigenvalue weighted by Gasteiger charge is -2.32. The highest BCUT2D eigenvalue weighted by Crippen LogP contribution is 2.30. The number of methoxy groups -OCH3 is 1. The van der Waals surface area contributed by atoms with Crippen LogP contribution in [-0.2, 0) is 17.5 Å². The summed E-state index contributed by atoms with van der Waals surface area (Å²) in [5, 5.41) is 0. The Bertz CT molecular complexity index is 431. The molecule has 0 aromatic heterocycles. The summed E-state index contributed by atoms with van der Waals surface area (Å²) in [7, 11) is 1.69. The van der Waals surface area contributed by atoms with E-state index in [1.165, 1.54) is 12.1 Å². The van der Waals surface area contributed by atoms with E-state index in [-0.39, 0.29) is 0 Å². The van der Waals surface area contributed by atoms with Crippen molar-refractivity contribution in [2.24, 2.45) is 5.92 Å². The van der Waals surface area contributed by atoms with Gasteiger partial charge in [-0.25, -0.2) is 0 Å². The first-order chi connectivity index (χ1) is 9.49. The zero-order valence-corrected chi connectivity index (χ0v) is 11.6. The smallest absolute Gasteiger partial charge is 0.384 e. The fourth-order valence-corrected chi connectivity index (χ4v) is 2.77. The predicted octanol–water partition coefficient (Wildman–Crippen LogP) is 3.56. The van der Waals surface area contributed by atoms with Crippen LogP contribution in [0.25, 0.3) is 0 Å². The van der Waals surface area contributed by atoms with E-state index in [9.17, 15) is 13.2 Å². The zero-order chi connectivity index (χ0) is 14.6. The number of rotatable bonds is 4. The van der Waals surface area contributed by atoms with Crippen molar-refractivity contribution in [1.29, 1.82) is 0 Å². The average Bonchev–Trinajstić information content (AvgIpc) is 2.39. The second-order valence-corrected chi connectivity index (χ2v) is 5.40. The Morgan fingerprint density at radius 2 is 2.15 bits per heavy atom. The second kappa shape index (κ2) is 6.59. The Balaban J connectivity index is 1.99. The SMILES string of the molecule is COC[C@H]1CCCN(Cc2cccc(C(F)(F)F)c2)C1. The topological polar surface area (TPSA) is 12.5 Å². The molecule has 1 aliphatic heterocycles. The van der Waals surface area contributed by atoms with Crippen LogP contribution < -0.4 is 0 Å². The minimum atomic E-state index is -4.27. The monoisotopic (exact) mass is 287 g/mol. The van der Waals surface area contributed by atoms with Gasteiger partial charge in [0.2, 0.25) is 0 Å². The van der Waals surface area contributed by atoms with Crippen molar-refractivity contribution in [2.75, 3.05) is 26.8 Å². The van der Waals surface area contributed by atoms with Crippen molar-refractivity contribution in [3.8, 4) is 0 Å². The third-order valence-electron chi connectivity index (χ3n) is 3.67. The van der Waals surface area contributed by atoms with E-state index in [0.29, 0.717) is 12.5 Å². The van der Waals surface area contributed by atoms with Crippen LogP contribution in [-0.4, -0.2) is 31.7 Å². The number of benzene rings is 1. The number of nitrogens with zero attached hydrogens (tertiary/aromatic N) is 1. The number of likely N-dealkylation sites (tertiary alicyclic amines) is 1. The Morgan fingerprint density at radius 1 is 1.35 bits per heavy atom. The van der Waals surface area contributed by atoms with Gasteiger partial charge in [-0.15, -0.1) is 0 Å². The molecule has 0 amide bonds. The van der Waals surface area contributed by atoms with Crippen LogP contribution in [0.3, 0.4) is 0 Å². The minimum absolute atomic E-state index is 0.486. The highest BCUT2D eigenvalue weighted by Gasteiger charge is 2.30. The first-order valence-electron chi connectivity index (χ1n) is 6.86. The molecule has 1 atom stereocenters. The van der Waals surface area contributed by atoms with Gasteiger partial charge in [0.25, 0.3) is 0 Å². The molecule has 1 fully saturated rings. The van der Waals surface area contributed by atoms with Gasteiger partial charge in [0.1, 0.15) is 0 Å². The van der Waals surface area contributed by atoms with Gasteiger partial charge in [-0.3, -0.25) is 4.90 Å². The van der Waals surface area contributed by atoms with Gasteiger partial charge in [-0.05, 0) is 36.9 Å². The second-order valence-electron chi connectivity index (χ2n) is 5.40. The van der Waals surface area contributed by atoms with E-state index in [1.54, 1.807) is 13.2 Å². The van der Waals surface area contributed by atoms with Gasteiger partial charge in [0.15, 0.2) is 0 Å². The number of piperidine rings is 1. The van der Waals surface area contributed by atoms with Crippen molar-refractivity contribution in [1.82, 2.24) is 4.90 Å². The van der Waals surface area contributed by atoms with E-state index in [0.717, 1.165) is 44.2 Å². The summed E-state index contributed by atoms with van der Waals surface area (Å²) in [5.74, 6) is 0.486. The van der Waals surface area contributed by atoms with Gasteiger partial charge in [-0.1, -0.05) is 18.2 Å². The van der Waals surface area contributed by atoms with Crippen molar-refractivity contribution >= 4 is 0 Å². The Labute approximate surface area is 117 Å². The normalized spacial score (nSPS) is 21.1. The van der Waals surface area contributed by atoms with Crippen LogP contribution >= 0.6 is 0 Å². The Morgan fingerprint density at radius 3 is 2.85 bits per heavy atom. The maximum atomic E-state index is 12.7. The lowest BCUT2D eigenvalue weighted by atomic mass is 9.98. The third kappa shape index (κ3) is 4.21. The number of hydrogen-bond acceptors (Lipinski definition) is 2. The molecule has 0 unspecified atom stereocenters. The first-order valence-corrected chi connectivity index (χ1v) is 6.86. The summed E-state index contributed by atoms with van der Waals surface area (Å²) in [5.41, 5.74) is 0.151. The molecule has 0 N–H and O–H groups in total. The molecular formula is C15H20F3NO. The number of halogens is 3. The first kappa shape index (κ1) is 15.3. The average molecular weight is 287 g/mol. The largest absolute Gasteiger partial charge is 0.416 e. The number of ether oxygens (including phenoxy) is 1. The molecule has 5 heteroatoms. The van der Waals surface area contributed by atoms with Gasteiger partial charge < -0.3 is 4.74 Å². The molecule has 2 rings (SSSR count). The molecule has 20 heavy (non-hydrogen) atoms. The van der Waals surface area contributed by atoms with Gasteiger partial charge in [0.05, 0.1) is 12.2 Å². The predicted molar refractivity (Wildman–Crippen MR) is 71.3 cm³/mol. The maximum Gasteiger partial charge on any atom is 0.416 e. The van der Waals surface area contributed by atoms with Crippen molar-refractivity contribution in [3.63, 3.8) is 0 Å². The van der Waals surface area contributed by atoms with Gasteiger partial charge in [0, 0.05) is 20.2 Å². The van der Waals surface area contributed by atoms with E-state index in [2.05, 4.69) is 4.90 Å². The zero-order valence-electron chi connectivity index (χ0n) is 11.6. The maximum absolute atomic E-state index is 12.7. The molecule has 0 spiro atoms. The molecule has 1 heterocycles. The number of alkyl halides is 3. The standard InChI is InChI=1S/C15H20F3NO/c1-20-11-13-5-3-7-19(10-13)9-12-4-2-6-14(8-12)15(16,17)18/h2,4,6,8,13H,3,5,7,9-11H2,1H3/t13-/m0/s1. The summed E-state index contributed by atoms with van der Waals surface area (Å²) in [6.45, 7) is 3.13. The fourth-order valence-electron chi connectivity index (χ4n) is 2.77. The molecular weight excluding hydrogens is 267 g/mol. The van der Waals surface area contributed by atoms with Crippen LogP contribution in [0.5, 0.6) is 0 Å². The van der Waals surface area contributed by atoms with E-state index in [4.69, 9.17) is 4.74 Å². The fraction of sp³-hybridized carbons (Fsp3) is 0.600. The molecule has 1 aromatic rings. The molecule has 0 aliphatic carbocycles. The minimum Gasteiger partial charge on any atom is -0.384 e. The summed E-state index contributed by atoms with van der Waals surface area (Å²) < 4.78 is 43.2. The molecule has 0 bridgehead atoms. The lowest BCUT2D eigenvalue weighted by Crippen LogP contribution is -2.36. The van der Waals surface area contributed by atoms with Crippen molar-refractivity contribution in [2.45, 2.75) is 25.6 Å². The third-order valence-corrected chi connectivity index (χ3v) is 3.67. The van der Waals surface area contributed by atoms with Crippen molar-refractivity contribution < 1.29 is 17.9 Å². The van der Waals surface area contributed by atoms with Crippen molar-refractivity contribution in [3.05, 3.63) is 35.4 Å². The van der Waals surface area contributed by atoms with E-state index in [1.807, 2.05) is 0 Å². The van der Waals surface area contributed by atoms with Crippen LogP contribution in [0.2, 0.25) is 0 Å². The molecule has 1 saturated heterocycles. The summed E-state index contributed by atoms with van der Waals surface area (Å²) in [6, 6.07) is 5.61. The van der Waals surface area contributed by atoms with Crippen LogP contribution in [0, 0.1) is 5.92 Å². The molecule has 112 valence electrons. The molecule has 1 aromatic carbocycles. The number of hydrogen-bond donors (Lipinski definition) is 0. The molecule has 0 saturated carbocycles. The molecule has 2 nitrogen and oxygen atoms in total. The van der Waals surface area contributed by atoms with Crippen LogP contribution in [0.15, 0.2) is 24.3 Å². The van der Waals surface area contributed by atoms with Crippen LogP contribution in [0.4, 0.5) is 13.2 Å². The summed E-state index contributed by atoms with van der Waals surface area (Å²) in [4.78, 5) is 2.21. The van der Waals surface area contributed by atoms with E-state index < -0.39 is 11.7 Å². The lowest BCUT2D eigenvalue weighted by molar-refractivity contribution is -0.137. The van der Waals surface area contributed by atoms with Gasteiger partial charge >= 0.3 is 6.18 Å². The van der Waals surface area contributed by atoms with Gasteiger partial charge in [-0.2, -0.15) is 13.2 Å². The van der Waals surface area contributed by atoms with E-state index >= 15 is 0 Å². The highest BCUT2D eigenvalue weighted by molar-refractivity contribution is 5.25. The summed E-state index contributed by atoms with van der Waals surface area (Å²) in [6.07, 6.45) is -2.06. The Hall–Kier alpha value is -1.07. The molecule has 0 radical (unpaired) electrons. The Kier molecular flexibility index (Phi) is 5.05. The quantitative estimate of drug-likeness (QED) is 0.839. The molecule has 1 aliphatic rings. The summed E-state index contributed by atoms with van der Waals surface area (Å²) >= 11 is 0.